The fourth-order valence-electron chi connectivity index (χ4n) is 1.93. The smallest absolute Gasteiger partial charge is 0.0542 e. The van der Waals surface area contributed by atoms with Gasteiger partial charge in [0.05, 0.1) is 11.1 Å². The molecule has 0 bridgehead atoms. The van der Waals surface area contributed by atoms with E-state index in [0.29, 0.717) is 0 Å². The van der Waals surface area contributed by atoms with Crippen molar-refractivity contribution >= 4 is 45.5 Å². The summed E-state index contributed by atoms with van der Waals surface area (Å²) in [5, 5.41) is 0.777. The van der Waals surface area contributed by atoms with Gasteiger partial charge in [0.15, 0.2) is 0 Å². The fourth-order valence-corrected chi connectivity index (χ4v) is 3.45. The van der Waals surface area contributed by atoms with Gasteiger partial charge >= 0.3 is 0 Å². The van der Waals surface area contributed by atoms with Gasteiger partial charge in [-0.2, -0.15) is 0 Å². The van der Waals surface area contributed by atoms with E-state index in [1.807, 2.05) is 23.5 Å². The van der Waals surface area contributed by atoms with Crippen LogP contribution in [0, 0.1) is 3.57 Å². The lowest BCUT2D eigenvalue weighted by Gasteiger charge is -2.16. The van der Waals surface area contributed by atoms with E-state index >= 15 is 0 Å². The van der Waals surface area contributed by atoms with Crippen molar-refractivity contribution in [1.82, 2.24) is 5.43 Å². The maximum absolute atomic E-state index is 6.17. The summed E-state index contributed by atoms with van der Waals surface area (Å²) in [7, 11) is 0. The second-order valence-electron chi connectivity index (χ2n) is 4.32. The van der Waals surface area contributed by atoms with Crippen LogP contribution in [0.4, 0.5) is 0 Å². The first kappa shape index (κ1) is 15.3. The first-order valence-corrected chi connectivity index (χ1v) is 8.40. The average molecular weight is 407 g/mol. The van der Waals surface area contributed by atoms with E-state index < -0.39 is 0 Å². The van der Waals surface area contributed by atoms with Crippen molar-refractivity contribution in [2.75, 3.05) is 0 Å². The van der Waals surface area contributed by atoms with E-state index in [1.54, 1.807) is 0 Å². The highest BCUT2D eigenvalue weighted by molar-refractivity contribution is 14.1. The molecule has 0 aliphatic rings. The number of halogens is 2. The zero-order chi connectivity index (χ0) is 13.8. The maximum Gasteiger partial charge on any atom is 0.0542 e. The Morgan fingerprint density at radius 2 is 2.05 bits per heavy atom. The molecule has 1 aromatic carbocycles. The summed E-state index contributed by atoms with van der Waals surface area (Å²) in [6, 6.07) is 10.6. The second-order valence-corrected chi connectivity index (χ2v) is 7.14. The van der Waals surface area contributed by atoms with Crippen molar-refractivity contribution in [1.29, 1.82) is 0 Å². The normalized spacial score (nSPS) is 12.6. The number of nitrogens with two attached hydrogens (primary N) is 1. The minimum Gasteiger partial charge on any atom is -0.271 e. The van der Waals surface area contributed by atoms with E-state index in [2.05, 4.69) is 53.1 Å². The van der Waals surface area contributed by atoms with Crippen molar-refractivity contribution in [3.05, 3.63) is 54.2 Å². The Morgan fingerprint density at radius 3 is 2.63 bits per heavy atom. The first-order chi connectivity index (χ1) is 9.13. The van der Waals surface area contributed by atoms with Gasteiger partial charge in [0.1, 0.15) is 0 Å². The van der Waals surface area contributed by atoms with Crippen LogP contribution in [0.2, 0.25) is 5.02 Å². The molecule has 1 atom stereocenters. The molecule has 0 spiro atoms. The number of rotatable bonds is 5. The van der Waals surface area contributed by atoms with Crippen LogP contribution in [0.1, 0.15) is 28.3 Å². The Kier molecular flexibility index (Phi) is 5.65. The molecule has 1 heterocycles. The Labute approximate surface area is 136 Å². The van der Waals surface area contributed by atoms with Crippen LogP contribution < -0.4 is 11.3 Å². The summed E-state index contributed by atoms with van der Waals surface area (Å²) in [6.45, 7) is 2.17. The molecule has 102 valence electrons. The maximum atomic E-state index is 6.17. The quantitative estimate of drug-likeness (QED) is 0.441. The molecule has 0 saturated heterocycles. The highest BCUT2D eigenvalue weighted by Crippen LogP contribution is 2.27. The number of hydrogen-bond acceptors (Lipinski definition) is 3. The summed E-state index contributed by atoms with van der Waals surface area (Å²) in [5.41, 5.74) is 4.01. The summed E-state index contributed by atoms with van der Waals surface area (Å²) >= 11 is 10.2. The SMILES string of the molecule is CCc1ccc(CC(NN)c2ccc(I)c(Cl)c2)s1. The number of nitrogens with one attached hydrogen (secondary N) is 1. The lowest BCUT2D eigenvalue weighted by Crippen LogP contribution is -2.29. The van der Waals surface area contributed by atoms with Crippen molar-refractivity contribution in [3.8, 4) is 0 Å². The van der Waals surface area contributed by atoms with Crippen molar-refractivity contribution < 1.29 is 0 Å². The topological polar surface area (TPSA) is 38.0 Å². The van der Waals surface area contributed by atoms with E-state index in [4.69, 9.17) is 17.4 Å². The molecule has 2 nitrogen and oxygen atoms in total. The van der Waals surface area contributed by atoms with Gasteiger partial charge in [-0.25, -0.2) is 0 Å². The minimum atomic E-state index is 0.0952. The predicted octanol–water partition coefficient (Wildman–Crippen LogP) is 4.32. The summed E-state index contributed by atoms with van der Waals surface area (Å²) < 4.78 is 1.06. The summed E-state index contributed by atoms with van der Waals surface area (Å²) in [5.74, 6) is 5.69. The van der Waals surface area contributed by atoms with Gasteiger partial charge in [-0.1, -0.05) is 24.6 Å². The van der Waals surface area contributed by atoms with Gasteiger partial charge in [-0.15, -0.1) is 11.3 Å². The molecule has 5 heteroatoms. The molecule has 2 aromatic rings. The van der Waals surface area contributed by atoms with E-state index in [1.165, 1.54) is 9.75 Å². The van der Waals surface area contributed by atoms with Crippen LogP contribution >= 0.6 is 45.5 Å². The lowest BCUT2D eigenvalue weighted by atomic mass is 10.0. The number of hydrogen-bond donors (Lipinski definition) is 2. The minimum absolute atomic E-state index is 0.0952. The third kappa shape index (κ3) is 3.92. The largest absolute Gasteiger partial charge is 0.271 e. The molecule has 0 aliphatic heterocycles. The van der Waals surface area contributed by atoms with Gasteiger partial charge in [0, 0.05) is 19.7 Å². The standard InChI is InChI=1S/C14H16ClIN2S/c1-2-10-4-5-11(19-10)8-14(18-17)9-3-6-13(16)12(15)7-9/h3-7,14,18H,2,8,17H2,1H3. The number of hydrazine groups is 1. The predicted molar refractivity (Wildman–Crippen MR) is 91.6 cm³/mol. The molecule has 0 fully saturated rings. The van der Waals surface area contributed by atoms with Crippen molar-refractivity contribution in [3.63, 3.8) is 0 Å². The van der Waals surface area contributed by atoms with Crippen molar-refractivity contribution in [2.24, 2.45) is 5.84 Å². The monoisotopic (exact) mass is 406 g/mol. The van der Waals surface area contributed by atoms with Crippen LogP contribution in [-0.4, -0.2) is 0 Å². The van der Waals surface area contributed by atoms with Gasteiger partial charge in [0.2, 0.25) is 0 Å². The molecule has 19 heavy (non-hydrogen) atoms. The van der Waals surface area contributed by atoms with E-state index in [0.717, 1.165) is 27.0 Å². The molecular weight excluding hydrogens is 391 g/mol. The molecular formula is C14H16ClIN2S. The molecule has 2 rings (SSSR count). The van der Waals surface area contributed by atoms with E-state index in [-0.39, 0.29) is 6.04 Å². The Morgan fingerprint density at radius 1 is 1.32 bits per heavy atom. The van der Waals surface area contributed by atoms with Crippen LogP contribution in [0.25, 0.3) is 0 Å². The molecule has 1 aromatic heterocycles. The highest BCUT2D eigenvalue weighted by atomic mass is 127. The van der Waals surface area contributed by atoms with Crippen LogP contribution in [0.3, 0.4) is 0 Å². The first-order valence-electron chi connectivity index (χ1n) is 6.12. The van der Waals surface area contributed by atoms with E-state index in [9.17, 15) is 0 Å². The average Bonchev–Trinajstić information content (AvgIpc) is 2.87. The second kappa shape index (κ2) is 7.04. The van der Waals surface area contributed by atoms with Crippen molar-refractivity contribution in [2.45, 2.75) is 25.8 Å². The molecule has 0 radical (unpaired) electrons. The highest BCUT2D eigenvalue weighted by Gasteiger charge is 2.13. The Bertz CT molecular complexity index is 556. The van der Waals surface area contributed by atoms with Gasteiger partial charge in [0.25, 0.3) is 0 Å². The summed E-state index contributed by atoms with van der Waals surface area (Å²) in [6.07, 6.45) is 1.97. The molecule has 0 amide bonds. The van der Waals surface area contributed by atoms with Gasteiger partial charge in [-0.05, 0) is 58.8 Å². The van der Waals surface area contributed by atoms with Gasteiger partial charge < -0.3 is 0 Å². The zero-order valence-corrected chi connectivity index (χ0v) is 14.3. The van der Waals surface area contributed by atoms with Crippen LogP contribution in [-0.2, 0) is 12.8 Å². The fraction of sp³-hybridized carbons (Fsp3) is 0.286. The van der Waals surface area contributed by atoms with Crippen LogP contribution in [0.5, 0.6) is 0 Å². The molecule has 3 N–H and O–H groups in total. The Hall–Kier alpha value is -0.140. The molecule has 0 aliphatic carbocycles. The number of benzene rings is 1. The third-order valence-electron chi connectivity index (χ3n) is 3.02. The third-order valence-corrected chi connectivity index (χ3v) is 5.84. The van der Waals surface area contributed by atoms with Gasteiger partial charge in [-0.3, -0.25) is 11.3 Å². The number of thiophene rings is 1. The number of aryl methyl sites for hydroxylation is 1. The molecule has 0 saturated carbocycles. The Balaban J connectivity index is 2.17. The van der Waals surface area contributed by atoms with Crippen LogP contribution in [0.15, 0.2) is 30.3 Å². The lowest BCUT2D eigenvalue weighted by molar-refractivity contribution is 0.555. The zero-order valence-electron chi connectivity index (χ0n) is 10.6. The molecule has 1 unspecified atom stereocenters. The summed E-state index contributed by atoms with van der Waals surface area (Å²) in [4.78, 5) is 2.75.